The monoisotopic (exact) mass is 205 g/mol. The van der Waals surface area contributed by atoms with E-state index in [0.29, 0.717) is 12.0 Å². The van der Waals surface area contributed by atoms with Crippen molar-refractivity contribution in [1.82, 2.24) is 5.32 Å². The molecule has 15 heavy (non-hydrogen) atoms. The average molecular weight is 205 g/mol. The largest absolute Gasteiger partial charge is 0.310 e. The summed E-state index contributed by atoms with van der Waals surface area (Å²) < 4.78 is 0. The van der Waals surface area contributed by atoms with Crippen molar-refractivity contribution in [3.05, 3.63) is 34.9 Å². The molecule has 1 nitrogen and oxygen atoms in total. The summed E-state index contributed by atoms with van der Waals surface area (Å²) in [5.74, 6) is 0.707. The van der Waals surface area contributed by atoms with Gasteiger partial charge < -0.3 is 5.32 Å². The van der Waals surface area contributed by atoms with Crippen LogP contribution in [0.2, 0.25) is 0 Å². The van der Waals surface area contributed by atoms with Crippen LogP contribution in [0.1, 0.15) is 43.5 Å². The van der Waals surface area contributed by atoms with Crippen LogP contribution in [-0.2, 0) is 0 Å². The first-order valence-corrected chi connectivity index (χ1v) is 5.81. The summed E-state index contributed by atoms with van der Waals surface area (Å²) in [4.78, 5) is 0. The first-order valence-electron chi connectivity index (χ1n) is 5.81. The molecule has 0 aliphatic rings. The lowest BCUT2D eigenvalue weighted by Crippen LogP contribution is -2.23. The highest BCUT2D eigenvalue weighted by Gasteiger charge is 2.07. The van der Waals surface area contributed by atoms with Crippen molar-refractivity contribution in [1.29, 1.82) is 0 Å². The van der Waals surface area contributed by atoms with Crippen LogP contribution in [0.25, 0.3) is 0 Å². The third-order valence-corrected chi connectivity index (χ3v) is 2.72. The Bertz CT molecular complexity index is 315. The van der Waals surface area contributed by atoms with E-state index in [2.05, 4.69) is 58.1 Å². The molecule has 0 bridgehead atoms. The van der Waals surface area contributed by atoms with E-state index >= 15 is 0 Å². The molecular formula is C14H23N. The zero-order chi connectivity index (χ0) is 11.4. The fraction of sp³-hybridized carbons (Fsp3) is 0.571. The maximum atomic E-state index is 3.56. The molecule has 0 radical (unpaired) electrons. The molecule has 84 valence electrons. The molecule has 1 aromatic carbocycles. The van der Waals surface area contributed by atoms with Gasteiger partial charge >= 0.3 is 0 Å². The third-order valence-electron chi connectivity index (χ3n) is 2.72. The van der Waals surface area contributed by atoms with Crippen molar-refractivity contribution in [3.63, 3.8) is 0 Å². The molecule has 1 unspecified atom stereocenters. The number of nitrogens with one attached hydrogen (secondary N) is 1. The normalized spacial score (nSPS) is 13.2. The van der Waals surface area contributed by atoms with Gasteiger partial charge in [0.1, 0.15) is 0 Å². The molecule has 1 aromatic rings. The molecule has 1 heteroatoms. The van der Waals surface area contributed by atoms with Gasteiger partial charge in [-0.15, -0.1) is 0 Å². The third kappa shape index (κ3) is 3.67. The number of benzene rings is 1. The Morgan fingerprint density at radius 1 is 1.13 bits per heavy atom. The second kappa shape index (κ2) is 5.32. The van der Waals surface area contributed by atoms with Gasteiger partial charge in [-0.3, -0.25) is 0 Å². The first kappa shape index (κ1) is 12.3. The molecule has 0 saturated carbocycles. The van der Waals surface area contributed by atoms with E-state index in [1.54, 1.807) is 0 Å². The van der Waals surface area contributed by atoms with E-state index in [9.17, 15) is 0 Å². The summed E-state index contributed by atoms with van der Waals surface area (Å²) in [6.07, 6.45) is 0. The first-order chi connectivity index (χ1) is 7.00. The zero-order valence-corrected chi connectivity index (χ0v) is 10.6. The smallest absolute Gasteiger partial charge is 0.0294 e. The van der Waals surface area contributed by atoms with Crippen molar-refractivity contribution >= 4 is 0 Å². The molecule has 0 aromatic heterocycles. The van der Waals surface area contributed by atoms with Crippen LogP contribution in [0.3, 0.4) is 0 Å². The van der Waals surface area contributed by atoms with Crippen molar-refractivity contribution in [2.45, 2.75) is 40.7 Å². The molecule has 0 aliphatic heterocycles. The van der Waals surface area contributed by atoms with Gasteiger partial charge in [0.15, 0.2) is 0 Å². The summed E-state index contributed by atoms with van der Waals surface area (Å²) in [5.41, 5.74) is 4.15. The SMILES string of the molecule is Cc1ccc(C(C)NCC(C)C)c(C)c1. The fourth-order valence-electron chi connectivity index (χ4n) is 1.83. The number of hydrogen-bond acceptors (Lipinski definition) is 1. The Morgan fingerprint density at radius 2 is 1.80 bits per heavy atom. The molecule has 0 fully saturated rings. The Hall–Kier alpha value is -0.820. The molecule has 0 aliphatic carbocycles. The summed E-state index contributed by atoms with van der Waals surface area (Å²) in [6.45, 7) is 12.1. The minimum Gasteiger partial charge on any atom is -0.310 e. The Morgan fingerprint density at radius 3 is 2.33 bits per heavy atom. The molecule has 1 rings (SSSR count). The van der Waals surface area contributed by atoms with Gasteiger partial charge in [-0.2, -0.15) is 0 Å². The molecule has 1 atom stereocenters. The van der Waals surface area contributed by atoms with E-state index in [4.69, 9.17) is 0 Å². The highest BCUT2D eigenvalue weighted by molar-refractivity contribution is 5.32. The lowest BCUT2D eigenvalue weighted by atomic mass is 10.00. The quantitative estimate of drug-likeness (QED) is 0.791. The van der Waals surface area contributed by atoms with Crippen LogP contribution in [-0.4, -0.2) is 6.54 Å². The van der Waals surface area contributed by atoms with Gasteiger partial charge in [0.25, 0.3) is 0 Å². The summed E-state index contributed by atoms with van der Waals surface area (Å²) >= 11 is 0. The summed E-state index contributed by atoms with van der Waals surface area (Å²) in [5, 5.41) is 3.56. The van der Waals surface area contributed by atoms with E-state index in [0.717, 1.165) is 6.54 Å². The highest BCUT2D eigenvalue weighted by Crippen LogP contribution is 2.18. The van der Waals surface area contributed by atoms with Crippen LogP contribution in [0.15, 0.2) is 18.2 Å². The number of hydrogen-bond donors (Lipinski definition) is 1. The Kier molecular flexibility index (Phi) is 4.34. The lowest BCUT2D eigenvalue weighted by molar-refractivity contribution is 0.495. The second-order valence-electron chi connectivity index (χ2n) is 4.88. The van der Waals surface area contributed by atoms with Crippen molar-refractivity contribution in [3.8, 4) is 0 Å². The van der Waals surface area contributed by atoms with Gasteiger partial charge in [-0.25, -0.2) is 0 Å². The number of aryl methyl sites for hydroxylation is 2. The minimum absolute atomic E-state index is 0.452. The standard InChI is InChI=1S/C14H23N/c1-10(2)9-15-13(5)14-7-6-11(3)8-12(14)4/h6-8,10,13,15H,9H2,1-5H3. The van der Waals surface area contributed by atoms with E-state index in [1.807, 2.05) is 0 Å². The van der Waals surface area contributed by atoms with Crippen LogP contribution in [0.5, 0.6) is 0 Å². The van der Waals surface area contributed by atoms with Gasteiger partial charge in [0.2, 0.25) is 0 Å². The zero-order valence-electron chi connectivity index (χ0n) is 10.6. The molecular weight excluding hydrogens is 182 g/mol. The molecule has 0 saturated heterocycles. The van der Waals surface area contributed by atoms with E-state index in [-0.39, 0.29) is 0 Å². The predicted molar refractivity (Wildman–Crippen MR) is 67.2 cm³/mol. The van der Waals surface area contributed by atoms with Crippen LogP contribution < -0.4 is 5.32 Å². The summed E-state index contributed by atoms with van der Waals surface area (Å²) in [6, 6.07) is 7.13. The van der Waals surface area contributed by atoms with Crippen LogP contribution >= 0.6 is 0 Å². The Balaban J connectivity index is 2.69. The van der Waals surface area contributed by atoms with Crippen LogP contribution in [0.4, 0.5) is 0 Å². The molecule has 0 amide bonds. The Labute approximate surface area is 93.9 Å². The maximum absolute atomic E-state index is 3.56. The van der Waals surface area contributed by atoms with Gasteiger partial charge in [-0.1, -0.05) is 37.6 Å². The number of rotatable bonds is 4. The van der Waals surface area contributed by atoms with E-state index in [1.165, 1.54) is 16.7 Å². The topological polar surface area (TPSA) is 12.0 Å². The van der Waals surface area contributed by atoms with Gasteiger partial charge in [-0.05, 0) is 44.4 Å². The fourth-order valence-corrected chi connectivity index (χ4v) is 1.83. The molecule has 0 heterocycles. The van der Waals surface area contributed by atoms with Gasteiger partial charge in [0, 0.05) is 6.04 Å². The van der Waals surface area contributed by atoms with Crippen molar-refractivity contribution in [2.24, 2.45) is 5.92 Å². The van der Waals surface area contributed by atoms with Crippen molar-refractivity contribution in [2.75, 3.05) is 6.54 Å². The van der Waals surface area contributed by atoms with Crippen LogP contribution in [0, 0.1) is 19.8 Å². The maximum Gasteiger partial charge on any atom is 0.0294 e. The average Bonchev–Trinajstić information content (AvgIpc) is 2.14. The van der Waals surface area contributed by atoms with E-state index < -0.39 is 0 Å². The lowest BCUT2D eigenvalue weighted by Gasteiger charge is -2.18. The van der Waals surface area contributed by atoms with Crippen molar-refractivity contribution < 1.29 is 0 Å². The summed E-state index contributed by atoms with van der Waals surface area (Å²) in [7, 11) is 0. The second-order valence-corrected chi connectivity index (χ2v) is 4.88. The predicted octanol–water partition coefficient (Wildman–Crippen LogP) is 3.61. The molecule has 0 spiro atoms. The van der Waals surface area contributed by atoms with Gasteiger partial charge in [0.05, 0.1) is 0 Å². The highest BCUT2D eigenvalue weighted by atomic mass is 14.9. The molecule has 1 N–H and O–H groups in total. The minimum atomic E-state index is 0.452.